The minimum absolute atomic E-state index is 0.0804. The van der Waals surface area contributed by atoms with Crippen molar-refractivity contribution >= 4 is 21.9 Å². The lowest BCUT2D eigenvalue weighted by atomic mass is 9.61. The van der Waals surface area contributed by atoms with E-state index < -0.39 is 5.60 Å². The molecule has 0 spiro atoms. The zero-order valence-electron chi connectivity index (χ0n) is 17.1. The molecule has 3 rings (SSSR count). The van der Waals surface area contributed by atoms with Gasteiger partial charge in [0.2, 0.25) is 0 Å². The number of rotatable bonds is 7. The van der Waals surface area contributed by atoms with Gasteiger partial charge in [-0.2, -0.15) is 0 Å². The summed E-state index contributed by atoms with van der Waals surface area (Å²) in [7, 11) is 1.55. The van der Waals surface area contributed by atoms with Crippen molar-refractivity contribution in [2.24, 2.45) is 23.2 Å². The van der Waals surface area contributed by atoms with Crippen LogP contribution >= 0.6 is 15.9 Å². The van der Waals surface area contributed by atoms with Crippen molar-refractivity contribution in [2.45, 2.75) is 71.3 Å². The standard InChI is InChI=1S/C22H33BrO4/c1-15(7-8-17-12-22(3,20(24)27-17)26-14-25-4)18-9-10-19-16(13-23)6-5-11-21(18,19)2/h12-13,15,18-19H,5-11,14H2,1-4H3/t15-,18-,19?,21-,22-/m1/s1. The van der Waals surface area contributed by atoms with Crippen molar-refractivity contribution in [3.8, 4) is 0 Å². The van der Waals surface area contributed by atoms with Gasteiger partial charge in [0.1, 0.15) is 12.6 Å². The fraction of sp³-hybridized carbons (Fsp3) is 0.773. The number of methoxy groups -OCH3 is 1. The first-order valence-electron chi connectivity index (χ1n) is 10.2. The molecule has 5 heteroatoms. The molecule has 0 bridgehead atoms. The quantitative estimate of drug-likeness (QED) is 0.375. The van der Waals surface area contributed by atoms with E-state index in [4.69, 9.17) is 14.2 Å². The van der Waals surface area contributed by atoms with E-state index in [2.05, 4.69) is 34.8 Å². The van der Waals surface area contributed by atoms with Crippen LogP contribution in [0.4, 0.5) is 0 Å². The minimum Gasteiger partial charge on any atom is -0.429 e. The van der Waals surface area contributed by atoms with Crippen LogP contribution in [0.1, 0.15) is 65.7 Å². The molecule has 0 aromatic rings. The fourth-order valence-corrected chi connectivity index (χ4v) is 6.29. The first kappa shape index (κ1) is 21.1. The number of halogens is 1. The van der Waals surface area contributed by atoms with Crippen LogP contribution in [-0.4, -0.2) is 25.5 Å². The predicted octanol–water partition coefficient (Wildman–Crippen LogP) is 5.72. The molecule has 0 N–H and O–H groups in total. The molecule has 1 unspecified atom stereocenters. The molecule has 2 saturated carbocycles. The normalized spacial score (nSPS) is 38.6. The van der Waals surface area contributed by atoms with E-state index in [0.29, 0.717) is 11.3 Å². The van der Waals surface area contributed by atoms with Gasteiger partial charge in [0.15, 0.2) is 5.60 Å². The number of hydrogen-bond acceptors (Lipinski definition) is 4. The molecule has 0 aromatic carbocycles. The second-order valence-electron chi connectivity index (χ2n) is 8.95. The van der Waals surface area contributed by atoms with Gasteiger partial charge in [0.25, 0.3) is 0 Å². The Morgan fingerprint density at radius 2 is 2.19 bits per heavy atom. The van der Waals surface area contributed by atoms with Crippen LogP contribution in [0.2, 0.25) is 0 Å². The highest BCUT2D eigenvalue weighted by molar-refractivity contribution is 9.11. The van der Waals surface area contributed by atoms with Crippen molar-refractivity contribution in [3.63, 3.8) is 0 Å². The Kier molecular flexibility index (Phi) is 6.54. The maximum Gasteiger partial charge on any atom is 0.347 e. The SMILES string of the molecule is COCO[C@]1(C)C=C(CC[C@@H](C)[C@H]2CCC3C(=CBr)CCC[C@@]32C)OC1=O. The summed E-state index contributed by atoms with van der Waals surface area (Å²) in [6, 6.07) is 0. The number of hydrogen-bond donors (Lipinski definition) is 0. The van der Waals surface area contributed by atoms with Crippen LogP contribution in [0.25, 0.3) is 0 Å². The van der Waals surface area contributed by atoms with Gasteiger partial charge in [0, 0.05) is 13.5 Å². The Morgan fingerprint density at radius 3 is 2.89 bits per heavy atom. The molecule has 0 amide bonds. The molecule has 1 heterocycles. The second kappa shape index (κ2) is 8.38. The van der Waals surface area contributed by atoms with Gasteiger partial charge in [-0.25, -0.2) is 4.79 Å². The summed E-state index contributed by atoms with van der Waals surface area (Å²) in [6.07, 6.45) is 10.1. The zero-order valence-corrected chi connectivity index (χ0v) is 18.6. The molecule has 0 radical (unpaired) electrons. The maximum absolute atomic E-state index is 12.2. The summed E-state index contributed by atoms with van der Waals surface area (Å²) in [6.45, 7) is 6.70. The van der Waals surface area contributed by atoms with Crippen molar-refractivity contribution in [1.82, 2.24) is 0 Å². The van der Waals surface area contributed by atoms with E-state index >= 15 is 0 Å². The third-order valence-corrected chi connectivity index (χ3v) is 7.84. The van der Waals surface area contributed by atoms with E-state index in [0.717, 1.165) is 30.4 Å². The number of fused-ring (bicyclic) bond motifs is 1. The highest BCUT2D eigenvalue weighted by atomic mass is 79.9. The van der Waals surface area contributed by atoms with E-state index in [1.807, 2.05) is 6.08 Å². The van der Waals surface area contributed by atoms with Crippen molar-refractivity contribution in [2.75, 3.05) is 13.9 Å². The summed E-state index contributed by atoms with van der Waals surface area (Å²) >= 11 is 3.60. The molecule has 5 atom stereocenters. The third kappa shape index (κ3) is 4.06. The van der Waals surface area contributed by atoms with Crippen LogP contribution in [0.3, 0.4) is 0 Å². The average molecular weight is 441 g/mol. The summed E-state index contributed by atoms with van der Waals surface area (Å²) in [5, 5.41) is 0. The maximum atomic E-state index is 12.2. The van der Waals surface area contributed by atoms with Crippen molar-refractivity contribution in [3.05, 3.63) is 22.4 Å². The second-order valence-corrected chi connectivity index (χ2v) is 9.41. The van der Waals surface area contributed by atoms with Gasteiger partial charge in [0.05, 0.1) is 0 Å². The molecule has 4 nitrogen and oxygen atoms in total. The minimum atomic E-state index is -1.02. The van der Waals surface area contributed by atoms with Gasteiger partial charge in [-0.3, -0.25) is 0 Å². The van der Waals surface area contributed by atoms with Gasteiger partial charge < -0.3 is 14.2 Å². The van der Waals surface area contributed by atoms with Crippen LogP contribution in [0.15, 0.2) is 22.4 Å². The lowest BCUT2D eigenvalue weighted by Gasteiger charge is -2.44. The third-order valence-electron chi connectivity index (χ3n) is 7.25. The lowest BCUT2D eigenvalue weighted by Crippen LogP contribution is -2.35. The highest BCUT2D eigenvalue weighted by Gasteiger charge is 2.50. The molecular weight excluding hydrogens is 408 g/mol. The molecule has 0 saturated heterocycles. The molecule has 3 aliphatic rings. The highest BCUT2D eigenvalue weighted by Crippen LogP contribution is 2.60. The van der Waals surface area contributed by atoms with Crippen molar-refractivity contribution in [1.29, 1.82) is 0 Å². The Hall–Kier alpha value is -0.650. The summed E-state index contributed by atoms with van der Waals surface area (Å²) in [4.78, 5) is 14.3. The summed E-state index contributed by atoms with van der Waals surface area (Å²) in [5.41, 5.74) is 1.00. The van der Waals surface area contributed by atoms with E-state index in [1.165, 1.54) is 32.1 Å². The van der Waals surface area contributed by atoms with E-state index in [1.54, 1.807) is 19.6 Å². The Labute approximate surface area is 171 Å². The first-order valence-corrected chi connectivity index (χ1v) is 11.1. The Balaban J connectivity index is 1.61. The van der Waals surface area contributed by atoms with Gasteiger partial charge in [-0.05, 0) is 79.7 Å². The molecule has 2 fully saturated rings. The van der Waals surface area contributed by atoms with Crippen LogP contribution in [0, 0.1) is 23.2 Å². The van der Waals surface area contributed by atoms with E-state index in [9.17, 15) is 4.79 Å². The Morgan fingerprint density at radius 1 is 1.41 bits per heavy atom. The summed E-state index contributed by atoms with van der Waals surface area (Å²) < 4.78 is 15.9. The molecule has 2 aliphatic carbocycles. The summed E-state index contributed by atoms with van der Waals surface area (Å²) in [5.74, 6) is 2.48. The number of ether oxygens (including phenoxy) is 3. The number of carbonyl (C=O) groups is 1. The number of carbonyl (C=O) groups excluding carboxylic acids is 1. The van der Waals surface area contributed by atoms with Crippen molar-refractivity contribution < 1.29 is 19.0 Å². The molecule has 1 aliphatic heterocycles. The zero-order chi connectivity index (χ0) is 19.7. The van der Waals surface area contributed by atoms with Gasteiger partial charge >= 0.3 is 5.97 Å². The fourth-order valence-electron chi connectivity index (χ4n) is 5.74. The van der Waals surface area contributed by atoms with Crippen LogP contribution in [-0.2, 0) is 19.0 Å². The lowest BCUT2D eigenvalue weighted by molar-refractivity contribution is -0.166. The van der Waals surface area contributed by atoms with E-state index in [-0.39, 0.29) is 12.8 Å². The predicted molar refractivity (Wildman–Crippen MR) is 109 cm³/mol. The topological polar surface area (TPSA) is 44.8 Å². The molecular formula is C22H33BrO4. The Bertz CT molecular complexity index is 628. The molecule has 27 heavy (non-hydrogen) atoms. The largest absolute Gasteiger partial charge is 0.429 e. The van der Waals surface area contributed by atoms with Gasteiger partial charge in [-0.1, -0.05) is 35.4 Å². The van der Waals surface area contributed by atoms with Crippen LogP contribution in [0.5, 0.6) is 0 Å². The molecule has 152 valence electrons. The number of allylic oxidation sites excluding steroid dienone is 2. The van der Waals surface area contributed by atoms with Crippen LogP contribution < -0.4 is 0 Å². The monoisotopic (exact) mass is 440 g/mol. The number of esters is 1. The smallest absolute Gasteiger partial charge is 0.347 e. The first-order chi connectivity index (χ1) is 12.8. The van der Waals surface area contributed by atoms with Gasteiger partial charge in [-0.15, -0.1) is 0 Å². The number of cyclic esters (lactones) is 1. The molecule has 0 aromatic heterocycles. The average Bonchev–Trinajstić information content (AvgIpc) is 3.14.